The zero-order chi connectivity index (χ0) is 14.4. The summed E-state index contributed by atoms with van der Waals surface area (Å²) in [6, 6.07) is 0.783. The predicted molar refractivity (Wildman–Crippen MR) is 81.5 cm³/mol. The van der Waals surface area contributed by atoms with Crippen LogP contribution in [0, 0.1) is 5.92 Å². The van der Waals surface area contributed by atoms with Crippen molar-refractivity contribution >= 4 is 0 Å². The molecule has 1 aromatic rings. The van der Waals surface area contributed by atoms with Crippen molar-refractivity contribution < 1.29 is 0 Å². The SMILES string of the molecule is CCC1CCCN1CCn1cc(CNCC(C)C)nn1. The van der Waals surface area contributed by atoms with Gasteiger partial charge in [-0.25, -0.2) is 0 Å². The van der Waals surface area contributed by atoms with E-state index < -0.39 is 0 Å². The number of aromatic nitrogens is 3. The molecule has 0 amide bonds. The minimum atomic E-state index is 0.672. The highest BCUT2D eigenvalue weighted by Gasteiger charge is 2.22. The molecule has 0 saturated carbocycles. The molecule has 0 aromatic carbocycles. The molecule has 114 valence electrons. The van der Waals surface area contributed by atoms with Gasteiger partial charge in [0.05, 0.1) is 12.2 Å². The molecule has 1 fully saturated rings. The van der Waals surface area contributed by atoms with Crippen LogP contribution in [0.15, 0.2) is 6.20 Å². The second kappa shape index (κ2) is 7.74. The molecule has 5 nitrogen and oxygen atoms in total. The van der Waals surface area contributed by atoms with Crippen LogP contribution in [0.2, 0.25) is 0 Å². The second-order valence-corrected chi connectivity index (χ2v) is 6.24. The molecule has 20 heavy (non-hydrogen) atoms. The van der Waals surface area contributed by atoms with Crippen molar-refractivity contribution in [3.8, 4) is 0 Å². The third-order valence-electron chi connectivity index (χ3n) is 4.03. The summed E-state index contributed by atoms with van der Waals surface area (Å²) in [4.78, 5) is 2.60. The molecular weight excluding hydrogens is 250 g/mol. The summed E-state index contributed by atoms with van der Waals surface area (Å²) in [5.41, 5.74) is 1.04. The van der Waals surface area contributed by atoms with Crippen molar-refractivity contribution in [1.82, 2.24) is 25.2 Å². The van der Waals surface area contributed by atoms with Crippen molar-refractivity contribution in [2.24, 2.45) is 5.92 Å². The first-order valence-corrected chi connectivity index (χ1v) is 8.02. The maximum Gasteiger partial charge on any atom is 0.0964 e. The van der Waals surface area contributed by atoms with E-state index in [4.69, 9.17) is 0 Å². The molecule has 0 aliphatic carbocycles. The van der Waals surface area contributed by atoms with Gasteiger partial charge in [0.1, 0.15) is 0 Å². The van der Waals surface area contributed by atoms with Gasteiger partial charge in [0, 0.05) is 25.3 Å². The minimum absolute atomic E-state index is 0.672. The molecule has 0 radical (unpaired) electrons. The predicted octanol–water partition coefficient (Wildman–Crippen LogP) is 1.90. The number of nitrogens with one attached hydrogen (secondary N) is 1. The lowest BCUT2D eigenvalue weighted by Crippen LogP contribution is -2.32. The van der Waals surface area contributed by atoms with Gasteiger partial charge in [0.25, 0.3) is 0 Å². The molecule has 2 heterocycles. The molecule has 1 saturated heterocycles. The van der Waals surface area contributed by atoms with Gasteiger partial charge >= 0.3 is 0 Å². The first-order valence-electron chi connectivity index (χ1n) is 8.02. The Morgan fingerprint density at radius 1 is 1.40 bits per heavy atom. The maximum atomic E-state index is 4.23. The van der Waals surface area contributed by atoms with E-state index in [0.29, 0.717) is 5.92 Å². The molecule has 1 aliphatic rings. The number of nitrogens with zero attached hydrogens (tertiary/aromatic N) is 4. The Hall–Kier alpha value is -0.940. The summed E-state index contributed by atoms with van der Waals surface area (Å²) in [7, 11) is 0. The number of hydrogen-bond acceptors (Lipinski definition) is 4. The second-order valence-electron chi connectivity index (χ2n) is 6.24. The van der Waals surface area contributed by atoms with Crippen LogP contribution < -0.4 is 5.32 Å². The van der Waals surface area contributed by atoms with Crippen molar-refractivity contribution in [2.75, 3.05) is 19.6 Å². The van der Waals surface area contributed by atoms with E-state index in [1.165, 1.54) is 25.8 Å². The zero-order valence-electron chi connectivity index (χ0n) is 13.2. The van der Waals surface area contributed by atoms with Gasteiger partial charge in [-0.3, -0.25) is 9.58 Å². The fourth-order valence-electron chi connectivity index (χ4n) is 2.90. The highest BCUT2D eigenvalue weighted by Crippen LogP contribution is 2.19. The fourth-order valence-corrected chi connectivity index (χ4v) is 2.90. The smallest absolute Gasteiger partial charge is 0.0964 e. The minimum Gasteiger partial charge on any atom is -0.311 e. The first kappa shape index (κ1) is 15.4. The Labute approximate surface area is 122 Å². The van der Waals surface area contributed by atoms with Gasteiger partial charge in [-0.1, -0.05) is 26.0 Å². The molecular formula is C15H29N5. The van der Waals surface area contributed by atoms with Crippen molar-refractivity contribution in [1.29, 1.82) is 0 Å². The quantitative estimate of drug-likeness (QED) is 0.789. The monoisotopic (exact) mass is 279 g/mol. The van der Waals surface area contributed by atoms with Gasteiger partial charge in [0.15, 0.2) is 0 Å². The number of hydrogen-bond donors (Lipinski definition) is 1. The highest BCUT2D eigenvalue weighted by molar-refractivity contribution is 4.91. The van der Waals surface area contributed by atoms with E-state index in [1.807, 2.05) is 4.68 Å². The zero-order valence-corrected chi connectivity index (χ0v) is 13.2. The van der Waals surface area contributed by atoms with E-state index in [1.54, 1.807) is 0 Å². The maximum absolute atomic E-state index is 4.23. The Balaban J connectivity index is 1.72. The van der Waals surface area contributed by atoms with Crippen LogP contribution in [0.1, 0.15) is 45.7 Å². The summed E-state index contributed by atoms with van der Waals surface area (Å²) in [5, 5.41) is 11.9. The van der Waals surface area contributed by atoms with Crippen LogP contribution in [-0.4, -0.2) is 45.6 Å². The number of likely N-dealkylation sites (tertiary alicyclic amines) is 1. The van der Waals surface area contributed by atoms with Gasteiger partial charge in [-0.15, -0.1) is 5.10 Å². The fraction of sp³-hybridized carbons (Fsp3) is 0.867. The lowest BCUT2D eigenvalue weighted by atomic mass is 10.2. The highest BCUT2D eigenvalue weighted by atomic mass is 15.4. The Kier molecular flexibility index (Phi) is 5.98. The van der Waals surface area contributed by atoms with Crippen LogP contribution >= 0.6 is 0 Å². The van der Waals surface area contributed by atoms with Gasteiger partial charge in [-0.2, -0.15) is 0 Å². The average Bonchev–Trinajstić information content (AvgIpc) is 3.04. The standard InChI is InChI=1S/C15H29N5/c1-4-15-6-5-7-19(15)8-9-20-12-14(17-18-20)11-16-10-13(2)3/h12-13,15-16H,4-11H2,1-3H3. The van der Waals surface area contributed by atoms with Crippen LogP contribution in [0.3, 0.4) is 0 Å². The lowest BCUT2D eigenvalue weighted by Gasteiger charge is -2.22. The molecule has 1 aromatic heterocycles. The van der Waals surface area contributed by atoms with Crippen LogP contribution in [0.5, 0.6) is 0 Å². The van der Waals surface area contributed by atoms with E-state index in [-0.39, 0.29) is 0 Å². The first-order chi connectivity index (χ1) is 9.69. The van der Waals surface area contributed by atoms with Crippen LogP contribution in [0.25, 0.3) is 0 Å². The Morgan fingerprint density at radius 3 is 3.00 bits per heavy atom. The third-order valence-corrected chi connectivity index (χ3v) is 4.03. The van der Waals surface area contributed by atoms with E-state index in [0.717, 1.165) is 37.9 Å². The number of rotatable bonds is 8. The third kappa shape index (κ3) is 4.56. The van der Waals surface area contributed by atoms with E-state index in [2.05, 4.69) is 47.5 Å². The molecule has 1 atom stereocenters. The normalized spacial score (nSPS) is 20.1. The molecule has 1 unspecified atom stereocenters. The van der Waals surface area contributed by atoms with E-state index >= 15 is 0 Å². The largest absolute Gasteiger partial charge is 0.311 e. The summed E-state index contributed by atoms with van der Waals surface area (Å²) < 4.78 is 1.98. The summed E-state index contributed by atoms with van der Waals surface area (Å²) in [6.07, 6.45) is 6.05. The van der Waals surface area contributed by atoms with Crippen LogP contribution in [0.4, 0.5) is 0 Å². The molecule has 0 spiro atoms. The van der Waals surface area contributed by atoms with Crippen molar-refractivity contribution in [3.05, 3.63) is 11.9 Å². The molecule has 1 aliphatic heterocycles. The Morgan fingerprint density at radius 2 is 2.25 bits per heavy atom. The Bertz CT molecular complexity index is 387. The van der Waals surface area contributed by atoms with Crippen molar-refractivity contribution in [2.45, 2.75) is 59.2 Å². The molecule has 1 N–H and O–H groups in total. The van der Waals surface area contributed by atoms with Crippen molar-refractivity contribution in [3.63, 3.8) is 0 Å². The van der Waals surface area contributed by atoms with Gasteiger partial charge in [-0.05, 0) is 38.3 Å². The lowest BCUT2D eigenvalue weighted by molar-refractivity contribution is 0.234. The van der Waals surface area contributed by atoms with E-state index in [9.17, 15) is 0 Å². The van der Waals surface area contributed by atoms with Gasteiger partial charge in [0.2, 0.25) is 0 Å². The summed E-state index contributed by atoms with van der Waals surface area (Å²) in [5.74, 6) is 0.672. The molecule has 5 heteroatoms. The average molecular weight is 279 g/mol. The topological polar surface area (TPSA) is 46.0 Å². The summed E-state index contributed by atoms with van der Waals surface area (Å²) >= 11 is 0. The molecule has 2 rings (SSSR count). The molecule has 0 bridgehead atoms. The van der Waals surface area contributed by atoms with Gasteiger partial charge < -0.3 is 5.32 Å². The van der Waals surface area contributed by atoms with Crippen LogP contribution in [-0.2, 0) is 13.1 Å². The summed E-state index contributed by atoms with van der Waals surface area (Å²) in [6.45, 7) is 11.9.